The molecule has 1 fully saturated rings. The number of rotatable bonds is 15. The summed E-state index contributed by atoms with van der Waals surface area (Å²) in [5, 5.41) is 11.5. The van der Waals surface area contributed by atoms with Gasteiger partial charge in [-0.3, -0.25) is 9.69 Å². The van der Waals surface area contributed by atoms with Crippen LogP contribution in [-0.4, -0.2) is 71.9 Å². The topological polar surface area (TPSA) is 108 Å². The number of aromatic nitrogens is 3. The van der Waals surface area contributed by atoms with E-state index in [1.165, 1.54) is 0 Å². The second-order valence-corrected chi connectivity index (χ2v) is 9.82. The second kappa shape index (κ2) is 14.4. The van der Waals surface area contributed by atoms with Crippen molar-refractivity contribution in [3.05, 3.63) is 77.8 Å². The maximum Gasteiger partial charge on any atom is 0.150 e. The van der Waals surface area contributed by atoms with Crippen LogP contribution >= 0.6 is 0 Å². The highest BCUT2D eigenvalue weighted by Crippen LogP contribution is 2.26. The van der Waals surface area contributed by atoms with Gasteiger partial charge in [-0.15, -0.1) is 5.10 Å². The number of nitrogens with zero attached hydrogens (tertiary/aromatic N) is 4. The zero-order valence-electron chi connectivity index (χ0n) is 23.1. The molecule has 0 saturated carbocycles. The minimum atomic E-state index is -0.328. The van der Waals surface area contributed by atoms with Crippen molar-refractivity contribution in [1.82, 2.24) is 25.2 Å². The number of carbonyl (C=O) groups is 2. The van der Waals surface area contributed by atoms with Crippen LogP contribution in [0.25, 0.3) is 5.69 Å². The molecule has 212 valence electrons. The lowest BCUT2D eigenvalue weighted by atomic mass is 10.0. The average Bonchev–Trinajstić information content (AvgIpc) is 3.46. The van der Waals surface area contributed by atoms with Crippen LogP contribution in [0, 0.1) is 0 Å². The van der Waals surface area contributed by atoms with E-state index in [4.69, 9.17) is 14.2 Å². The Labute approximate surface area is 234 Å². The number of benzene rings is 2. The Bertz CT molecular complexity index is 1270. The molecule has 1 aliphatic rings. The molecule has 0 aliphatic carbocycles. The molecule has 1 aromatic heterocycles. The van der Waals surface area contributed by atoms with E-state index in [0.717, 1.165) is 55.8 Å². The standard InChI is InChI=1S/C30H37N5O5/c1-22(31-2)7-8-26(20-37)34(3)18-29-23(19-36)5-4-6-30(29)39-21-24-17-35(33-32-24)25-9-11-27(12-10-25)40-28-13-15-38-16-14-28/h4-6,9-12,17,19-20,26,28,31H,1,7-8,13-16,18,21H2,2-3H3. The van der Waals surface area contributed by atoms with Crippen LogP contribution in [0.4, 0.5) is 0 Å². The predicted octanol–water partition coefficient (Wildman–Crippen LogP) is 3.73. The third-order valence-corrected chi connectivity index (χ3v) is 7.01. The molecule has 2 aromatic carbocycles. The van der Waals surface area contributed by atoms with Crippen LogP contribution in [0.5, 0.6) is 11.5 Å². The molecule has 0 amide bonds. The van der Waals surface area contributed by atoms with Crippen LogP contribution in [0.2, 0.25) is 0 Å². The third kappa shape index (κ3) is 7.77. The highest BCUT2D eigenvalue weighted by molar-refractivity contribution is 5.78. The van der Waals surface area contributed by atoms with Gasteiger partial charge in [0.1, 0.15) is 36.2 Å². The smallest absolute Gasteiger partial charge is 0.150 e. The highest BCUT2D eigenvalue weighted by Gasteiger charge is 2.19. The van der Waals surface area contributed by atoms with Gasteiger partial charge in [0.05, 0.1) is 31.1 Å². The lowest BCUT2D eigenvalue weighted by Crippen LogP contribution is -2.33. The zero-order chi connectivity index (χ0) is 28.3. The van der Waals surface area contributed by atoms with E-state index in [1.807, 2.05) is 49.3 Å². The summed E-state index contributed by atoms with van der Waals surface area (Å²) in [6, 6.07) is 12.7. The van der Waals surface area contributed by atoms with Gasteiger partial charge < -0.3 is 24.3 Å². The van der Waals surface area contributed by atoms with Crippen molar-refractivity contribution in [3.8, 4) is 17.2 Å². The maximum atomic E-state index is 11.8. The molecule has 0 radical (unpaired) electrons. The van der Waals surface area contributed by atoms with Gasteiger partial charge >= 0.3 is 0 Å². The van der Waals surface area contributed by atoms with Gasteiger partial charge in [0.2, 0.25) is 0 Å². The largest absolute Gasteiger partial charge is 0.490 e. The monoisotopic (exact) mass is 547 g/mol. The Kier molecular flexibility index (Phi) is 10.4. The minimum absolute atomic E-state index is 0.170. The minimum Gasteiger partial charge on any atom is -0.490 e. The Morgan fingerprint density at radius 1 is 1.23 bits per heavy atom. The summed E-state index contributed by atoms with van der Waals surface area (Å²) >= 11 is 0. The van der Waals surface area contributed by atoms with Gasteiger partial charge in [-0.25, -0.2) is 4.68 Å². The van der Waals surface area contributed by atoms with Crippen molar-refractivity contribution >= 4 is 12.6 Å². The third-order valence-electron chi connectivity index (χ3n) is 7.01. The summed E-state index contributed by atoms with van der Waals surface area (Å²) in [6.07, 6.45) is 6.80. The van der Waals surface area contributed by atoms with Gasteiger partial charge in [0, 0.05) is 43.3 Å². The fourth-order valence-corrected chi connectivity index (χ4v) is 4.51. The van der Waals surface area contributed by atoms with Crippen LogP contribution in [0.3, 0.4) is 0 Å². The first-order chi connectivity index (χ1) is 19.5. The molecule has 2 heterocycles. The predicted molar refractivity (Wildman–Crippen MR) is 151 cm³/mol. The van der Waals surface area contributed by atoms with Crippen LogP contribution in [-0.2, 0) is 22.7 Å². The number of allylic oxidation sites excluding steroid dienone is 1. The molecule has 40 heavy (non-hydrogen) atoms. The van der Waals surface area contributed by atoms with Gasteiger partial charge in [0.15, 0.2) is 6.29 Å². The van der Waals surface area contributed by atoms with Crippen LogP contribution in [0.15, 0.2) is 60.9 Å². The fraction of sp³-hybridized carbons (Fsp3) is 0.400. The van der Waals surface area contributed by atoms with E-state index in [0.29, 0.717) is 42.0 Å². The first-order valence-corrected chi connectivity index (χ1v) is 13.5. The van der Waals surface area contributed by atoms with E-state index >= 15 is 0 Å². The SMILES string of the molecule is C=C(CCC(C=O)N(C)Cc1c(C=O)cccc1OCc1cn(-c2ccc(OC3CCOCC3)cc2)nn1)NC. The van der Waals surface area contributed by atoms with Crippen molar-refractivity contribution in [2.24, 2.45) is 0 Å². The van der Waals surface area contributed by atoms with Gasteiger partial charge in [-0.1, -0.05) is 23.9 Å². The summed E-state index contributed by atoms with van der Waals surface area (Å²) in [6.45, 7) is 5.94. The quantitative estimate of drug-likeness (QED) is 0.285. The van der Waals surface area contributed by atoms with Crippen molar-refractivity contribution in [1.29, 1.82) is 0 Å². The molecule has 4 rings (SSSR count). The molecular weight excluding hydrogens is 510 g/mol. The Morgan fingerprint density at radius 2 is 2.00 bits per heavy atom. The fourth-order valence-electron chi connectivity index (χ4n) is 4.51. The van der Waals surface area contributed by atoms with Crippen molar-refractivity contribution in [2.75, 3.05) is 27.3 Å². The van der Waals surface area contributed by atoms with Crippen molar-refractivity contribution in [2.45, 2.75) is 51.0 Å². The van der Waals surface area contributed by atoms with E-state index in [2.05, 4.69) is 22.2 Å². The molecule has 0 bridgehead atoms. The Morgan fingerprint density at radius 3 is 2.70 bits per heavy atom. The second-order valence-electron chi connectivity index (χ2n) is 9.82. The number of hydrogen-bond donors (Lipinski definition) is 1. The zero-order valence-corrected chi connectivity index (χ0v) is 23.1. The first kappa shape index (κ1) is 29.0. The number of nitrogens with one attached hydrogen (secondary N) is 1. The van der Waals surface area contributed by atoms with E-state index < -0.39 is 0 Å². The average molecular weight is 548 g/mol. The molecule has 1 N–H and O–H groups in total. The summed E-state index contributed by atoms with van der Waals surface area (Å²) < 4.78 is 19.2. The molecule has 1 unspecified atom stereocenters. The van der Waals surface area contributed by atoms with Crippen molar-refractivity contribution in [3.63, 3.8) is 0 Å². The molecule has 1 saturated heterocycles. The van der Waals surface area contributed by atoms with E-state index in [1.54, 1.807) is 23.0 Å². The summed E-state index contributed by atoms with van der Waals surface area (Å²) in [7, 11) is 3.67. The highest BCUT2D eigenvalue weighted by atomic mass is 16.5. The van der Waals surface area contributed by atoms with Gasteiger partial charge in [0.25, 0.3) is 0 Å². The molecule has 1 aliphatic heterocycles. The first-order valence-electron chi connectivity index (χ1n) is 13.5. The number of likely N-dealkylation sites (N-methyl/N-ethyl adjacent to an activating group) is 1. The number of hydrogen-bond acceptors (Lipinski definition) is 9. The molecule has 10 nitrogen and oxygen atoms in total. The molecule has 0 spiro atoms. The normalized spacial score (nSPS) is 14.5. The molecule has 10 heteroatoms. The van der Waals surface area contributed by atoms with Crippen LogP contribution < -0.4 is 14.8 Å². The summed E-state index contributed by atoms with van der Waals surface area (Å²) in [5.74, 6) is 1.38. The van der Waals surface area contributed by atoms with E-state index in [-0.39, 0.29) is 18.8 Å². The van der Waals surface area contributed by atoms with Crippen molar-refractivity contribution < 1.29 is 23.8 Å². The molecular formula is C30H37N5O5. The van der Waals surface area contributed by atoms with E-state index in [9.17, 15) is 9.59 Å². The lowest BCUT2D eigenvalue weighted by Gasteiger charge is -2.25. The molecule has 1 atom stereocenters. The van der Waals surface area contributed by atoms with Gasteiger partial charge in [-0.05, 0) is 50.2 Å². The Balaban J connectivity index is 1.39. The molecule has 3 aromatic rings. The Hall–Kier alpha value is -4.02. The number of aldehydes is 2. The van der Waals surface area contributed by atoms with Crippen LogP contribution in [0.1, 0.15) is 47.3 Å². The maximum absolute atomic E-state index is 11.8. The summed E-state index contributed by atoms with van der Waals surface area (Å²) in [4.78, 5) is 25.5. The number of ether oxygens (including phenoxy) is 3. The lowest BCUT2D eigenvalue weighted by molar-refractivity contribution is -0.112. The van der Waals surface area contributed by atoms with Gasteiger partial charge in [-0.2, -0.15) is 0 Å². The summed E-state index contributed by atoms with van der Waals surface area (Å²) in [5.41, 5.74) is 3.58. The number of carbonyl (C=O) groups excluding carboxylic acids is 2.